The summed E-state index contributed by atoms with van der Waals surface area (Å²) >= 11 is 1.35. The molecule has 0 saturated carbocycles. The Morgan fingerprint density at radius 2 is 1.75 bits per heavy atom. The van der Waals surface area contributed by atoms with Crippen molar-refractivity contribution in [2.24, 2.45) is 0 Å². The SMILES string of the molecule is Cc1ccc(C(=O)Cn2nc(-c3ccc(F)cc3)c3sc(C)nc3c2=O)cc1. The molecule has 5 nitrogen and oxygen atoms in total. The third kappa shape index (κ3) is 3.36. The molecule has 0 saturated heterocycles. The Balaban J connectivity index is 1.83. The monoisotopic (exact) mass is 393 g/mol. The lowest BCUT2D eigenvalue weighted by Gasteiger charge is -2.08. The van der Waals surface area contributed by atoms with Gasteiger partial charge in [-0.1, -0.05) is 29.8 Å². The summed E-state index contributed by atoms with van der Waals surface area (Å²) in [6.07, 6.45) is 0. The van der Waals surface area contributed by atoms with E-state index in [0.717, 1.165) is 15.3 Å². The summed E-state index contributed by atoms with van der Waals surface area (Å²) in [7, 11) is 0. The number of rotatable bonds is 4. The molecule has 0 unspecified atom stereocenters. The molecule has 2 heterocycles. The van der Waals surface area contributed by atoms with Crippen LogP contribution in [-0.4, -0.2) is 20.5 Å². The average molecular weight is 393 g/mol. The molecule has 0 aliphatic heterocycles. The largest absolute Gasteiger partial charge is 0.294 e. The highest BCUT2D eigenvalue weighted by molar-refractivity contribution is 7.19. The predicted molar refractivity (Wildman–Crippen MR) is 107 cm³/mol. The molecule has 140 valence electrons. The minimum absolute atomic E-state index is 0.192. The minimum Gasteiger partial charge on any atom is -0.292 e. The summed E-state index contributed by atoms with van der Waals surface area (Å²) < 4.78 is 15.1. The van der Waals surface area contributed by atoms with Gasteiger partial charge in [0.15, 0.2) is 11.3 Å². The molecule has 0 bridgehead atoms. The molecule has 0 amide bonds. The van der Waals surface area contributed by atoms with Gasteiger partial charge in [0.25, 0.3) is 5.56 Å². The van der Waals surface area contributed by atoms with E-state index in [1.165, 1.54) is 23.5 Å². The lowest BCUT2D eigenvalue weighted by Crippen LogP contribution is -2.27. The maximum atomic E-state index is 13.3. The number of aromatic nitrogens is 3. The van der Waals surface area contributed by atoms with Crippen LogP contribution in [0.1, 0.15) is 20.9 Å². The van der Waals surface area contributed by atoms with Gasteiger partial charge < -0.3 is 0 Å². The Kier molecular flexibility index (Phi) is 4.60. The lowest BCUT2D eigenvalue weighted by molar-refractivity contribution is 0.0966. The summed E-state index contributed by atoms with van der Waals surface area (Å²) in [5, 5.41) is 5.15. The van der Waals surface area contributed by atoms with E-state index < -0.39 is 5.56 Å². The third-order valence-corrected chi connectivity index (χ3v) is 5.37. The first-order chi connectivity index (χ1) is 13.4. The number of benzene rings is 2. The Labute approximate surface area is 164 Å². The number of halogens is 1. The molecule has 4 aromatic rings. The molecule has 0 N–H and O–H groups in total. The summed E-state index contributed by atoms with van der Waals surface area (Å²) in [5.41, 5.74) is 2.59. The quantitative estimate of drug-likeness (QED) is 0.489. The van der Waals surface area contributed by atoms with E-state index >= 15 is 0 Å². The fraction of sp³-hybridized carbons (Fsp3) is 0.143. The van der Waals surface area contributed by atoms with E-state index in [4.69, 9.17) is 0 Å². The van der Waals surface area contributed by atoms with Crippen LogP contribution in [0.5, 0.6) is 0 Å². The fourth-order valence-electron chi connectivity index (χ4n) is 2.94. The molecule has 0 radical (unpaired) electrons. The van der Waals surface area contributed by atoms with Gasteiger partial charge in [-0.15, -0.1) is 11.3 Å². The van der Waals surface area contributed by atoms with Gasteiger partial charge in [-0.05, 0) is 38.1 Å². The molecule has 0 aliphatic carbocycles. The number of nitrogens with zero attached hydrogens (tertiary/aromatic N) is 3. The van der Waals surface area contributed by atoms with E-state index in [0.29, 0.717) is 21.5 Å². The Morgan fingerprint density at radius 3 is 2.43 bits per heavy atom. The lowest BCUT2D eigenvalue weighted by atomic mass is 10.1. The number of carbonyl (C=O) groups excluding carboxylic acids is 1. The highest BCUT2D eigenvalue weighted by Crippen LogP contribution is 2.29. The molecule has 2 aromatic carbocycles. The number of fused-ring (bicyclic) bond motifs is 1. The molecule has 0 fully saturated rings. The third-order valence-electron chi connectivity index (χ3n) is 4.39. The van der Waals surface area contributed by atoms with Gasteiger partial charge in [0.2, 0.25) is 0 Å². The predicted octanol–water partition coefficient (Wildman–Crippen LogP) is 4.16. The molecule has 7 heteroatoms. The van der Waals surface area contributed by atoms with Crippen molar-refractivity contribution in [3.8, 4) is 11.3 Å². The van der Waals surface area contributed by atoms with Gasteiger partial charge in [-0.25, -0.2) is 14.1 Å². The maximum absolute atomic E-state index is 13.3. The van der Waals surface area contributed by atoms with Crippen LogP contribution < -0.4 is 5.56 Å². The van der Waals surface area contributed by atoms with Gasteiger partial charge in [-0.2, -0.15) is 5.10 Å². The topological polar surface area (TPSA) is 64.8 Å². The first-order valence-corrected chi connectivity index (χ1v) is 9.48. The van der Waals surface area contributed by atoms with Crippen molar-refractivity contribution in [3.63, 3.8) is 0 Å². The fourth-order valence-corrected chi connectivity index (χ4v) is 3.85. The highest BCUT2D eigenvalue weighted by Gasteiger charge is 2.18. The van der Waals surface area contributed by atoms with Crippen LogP contribution in [0.2, 0.25) is 0 Å². The molecule has 2 aromatic heterocycles. The van der Waals surface area contributed by atoms with Gasteiger partial charge in [-0.3, -0.25) is 9.59 Å². The van der Waals surface area contributed by atoms with E-state index in [1.54, 1.807) is 31.2 Å². The number of aryl methyl sites for hydroxylation is 2. The van der Waals surface area contributed by atoms with Crippen LogP contribution in [0.3, 0.4) is 0 Å². The number of Topliss-reactive ketones (excluding diaryl/α,β-unsaturated/α-hetero) is 1. The van der Waals surface area contributed by atoms with Crippen LogP contribution in [0.15, 0.2) is 53.3 Å². The first kappa shape index (κ1) is 18.2. The van der Waals surface area contributed by atoms with Crippen molar-refractivity contribution in [2.45, 2.75) is 20.4 Å². The molecule has 0 atom stereocenters. The first-order valence-electron chi connectivity index (χ1n) is 8.66. The van der Waals surface area contributed by atoms with Gasteiger partial charge >= 0.3 is 0 Å². The Hall–Kier alpha value is -3.19. The number of thiazole rings is 1. The highest BCUT2D eigenvalue weighted by atomic mass is 32.1. The summed E-state index contributed by atoms with van der Waals surface area (Å²) in [5.74, 6) is -0.575. The van der Waals surface area contributed by atoms with Crippen molar-refractivity contribution in [1.29, 1.82) is 0 Å². The zero-order chi connectivity index (χ0) is 19.8. The molecule has 0 spiro atoms. The van der Waals surface area contributed by atoms with Gasteiger partial charge in [0.05, 0.1) is 9.71 Å². The second kappa shape index (κ2) is 7.09. The maximum Gasteiger partial charge on any atom is 0.294 e. The Bertz CT molecular complexity index is 1240. The minimum atomic E-state index is -0.411. The standard InChI is InChI=1S/C21H16FN3O2S/c1-12-3-5-14(6-4-12)17(26)11-25-21(27)19-20(28-13(2)23-19)18(24-25)15-7-9-16(22)10-8-15/h3-10H,11H2,1-2H3. The summed E-state index contributed by atoms with van der Waals surface area (Å²) in [6, 6.07) is 13.0. The summed E-state index contributed by atoms with van der Waals surface area (Å²) in [4.78, 5) is 29.8. The van der Waals surface area contributed by atoms with Crippen LogP contribution in [-0.2, 0) is 6.54 Å². The van der Waals surface area contributed by atoms with Crippen LogP contribution >= 0.6 is 11.3 Å². The summed E-state index contributed by atoms with van der Waals surface area (Å²) in [6.45, 7) is 3.55. The smallest absolute Gasteiger partial charge is 0.292 e. The van der Waals surface area contributed by atoms with Crippen LogP contribution in [0.4, 0.5) is 4.39 Å². The average Bonchev–Trinajstić information content (AvgIpc) is 3.07. The van der Waals surface area contributed by atoms with Crippen molar-refractivity contribution in [1.82, 2.24) is 14.8 Å². The van der Waals surface area contributed by atoms with Crippen molar-refractivity contribution in [2.75, 3.05) is 0 Å². The normalized spacial score (nSPS) is 11.1. The van der Waals surface area contributed by atoms with Crippen LogP contribution in [0.25, 0.3) is 21.5 Å². The van der Waals surface area contributed by atoms with Crippen molar-refractivity contribution >= 4 is 27.3 Å². The molecule has 28 heavy (non-hydrogen) atoms. The number of hydrogen-bond acceptors (Lipinski definition) is 5. The Morgan fingerprint density at radius 1 is 1.07 bits per heavy atom. The van der Waals surface area contributed by atoms with Crippen molar-refractivity contribution in [3.05, 3.63) is 80.8 Å². The second-order valence-electron chi connectivity index (χ2n) is 6.52. The zero-order valence-corrected chi connectivity index (χ0v) is 16.1. The van der Waals surface area contributed by atoms with Gasteiger partial charge in [0.1, 0.15) is 18.1 Å². The number of hydrogen-bond donors (Lipinski definition) is 0. The second-order valence-corrected chi connectivity index (χ2v) is 7.72. The van der Waals surface area contributed by atoms with E-state index in [-0.39, 0.29) is 23.7 Å². The van der Waals surface area contributed by atoms with Crippen molar-refractivity contribution < 1.29 is 9.18 Å². The molecule has 0 aliphatic rings. The van der Waals surface area contributed by atoms with E-state index in [1.807, 2.05) is 19.1 Å². The molecular weight excluding hydrogens is 377 g/mol. The molecule has 4 rings (SSSR count). The zero-order valence-electron chi connectivity index (χ0n) is 15.3. The number of carbonyl (C=O) groups is 1. The van der Waals surface area contributed by atoms with E-state index in [9.17, 15) is 14.0 Å². The van der Waals surface area contributed by atoms with Crippen LogP contribution in [0, 0.1) is 19.7 Å². The van der Waals surface area contributed by atoms with Gasteiger partial charge in [0, 0.05) is 11.1 Å². The molecular formula is C21H16FN3O2S. The number of ketones is 1. The van der Waals surface area contributed by atoms with E-state index in [2.05, 4.69) is 10.1 Å².